The topological polar surface area (TPSA) is 113 Å². The van der Waals surface area contributed by atoms with Crippen molar-refractivity contribution in [2.45, 2.75) is 26.7 Å². The van der Waals surface area contributed by atoms with Crippen LogP contribution in [-0.4, -0.2) is 34.6 Å². The molecule has 0 atom stereocenters. The molecule has 0 radical (unpaired) electrons. The summed E-state index contributed by atoms with van der Waals surface area (Å²) in [5, 5.41) is 8.64. The highest BCUT2D eigenvalue weighted by atomic mass is 16.5. The molecule has 104 valence electrons. The Morgan fingerprint density at radius 2 is 2.16 bits per heavy atom. The van der Waals surface area contributed by atoms with Crippen LogP contribution in [0.5, 0.6) is 6.01 Å². The van der Waals surface area contributed by atoms with Crippen LogP contribution < -0.4 is 20.9 Å². The van der Waals surface area contributed by atoms with E-state index in [-0.39, 0.29) is 12.0 Å². The van der Waals surface area contributed by atoms with Crippen LogP contribution in [0.1, 0.15) is 26.7 Å². The predicted octanol–water partition coefficient (Wildman–Crippen LogP) is 0.686. The van der Waals surface area contributed by atoms with E-state index in [2.05, 4.69) is 26.4 Å². The van der Waals surface area contributed by atoms with Gasteiger partial charge in [-0.3, -0.25) is 5.43 Å². The molecule has 1 heterocycles. The highest BCUT2D eigenvalue weighted by Gasteiger charge is 2.12. The van der Waals surface area contributed by atoms with E-state index < -0.39 is 0 Å². The van der Waals surface area contributed by atoms with Crippen molar-refractivity contribution >= 4 is 11.9 Å². The molecule has 0 unspecified atom stereocenters. The van der Waals surface area contributed by atoms with Crippen LogP contribution in [-0.2, 0) is 0 Å². The Kier molecular flexibility index (Phi) is 6.32. The number of hydrogen-bond donors (Lipinski definition) is 2. The number of rotatable bonds is 8. The maximum atomic E-state index is 8.64. The molecule has 0 spiro atoms. The average molecular weight is 265 g/mol. The lowest BCUT2D eigenvalue weighted by Crippen LogP contribution is -2.27. The molecule has 0 saturated heterocycles. The monoisotopic (exact) mass is 265 g/mol. The van der Waals surface area contributed by atoms with Gasteiger partial charge in [-0.15, -0.1) is 0 Å². The third-order valence-corrected chi connectivity index (χ3v) is 2.33. The summed E-state index contributed by atoms with van der Waals surface area (Å²) in [6.45, 7) is 5.72. The highest BCUT2D eigenvalue weighted by molar-refractivity contribution is 5.37. The lowest BCUT2D eigenvalue weighted by Gasteiger charge is -2.19. The van der Waals surface area contributed by atoms with Crippen molar-refractivity contribution in [1.82, 2.24) is 15.0 Å². The number of nitriles is 1. The zero-order valence-corrected chi connectivity index (χ0v) is 11.3. The third-order valence-electron chi connectivity index (χ3n) is 2.33. The van der Waals surface area contributed by atoms with Crippen molar-refractivity contribution in [2.75, 3.05) is 30.0 Å². The van der Waals surface area contributed by atoms with Crippen molar-refractivity contribution in [3.8, 4) is 12.1 Å². The minimum Gasteiger partial charge on any atom is -0.463 e. The second-order valence-electron chi connectivity index (χ2n) is 3.72. The van der Waals surface area contributed by atoms with E-state index >= 15 is 0 Å². The first-order valence-electron chi connectivity index (χ1n) is 6.22. The number of nitrogens with two attached hydrogens (primary N) is 1. The fourth-order valence-corrected chi connectivity index (χ4v) is 1.39. The van der Waals surface area contributed by atoms with Crippen molar-refractivity contribution in [3.63, 3.8) is 0 Å². The Morgan fingerprint density at radius 3 is 2.74 bits per heavy atom. The number of aromatic nitrogens is 3. The molecule has 0 fully saturated rings. The number of nitrogens with one attached hydrogen (secondary N) is 1. The standard InChI is InChI=1S/C11H19N7O/c1-3-8-19-11-15-9(17-13)14-10(16-11)18(4-2)7-5-6-12/h3-5,7-8,13H2,1-2H3,(H,14,15,16,17). The molecule has 8 nitrogen and oxygen atoms in total. The van der Waals surface area contributed by atoms with E-state index in [0.29, 0.717) is 32.1 Å². The molecule has 1 aromatic rings. The minimum absolute atomic E-state index is 0.232. The van der Waals surface area contributed by atoms with Gasteiger partial charge in [-0.2, -0.15) is 20.2 Å². The number of nitrogen functional groups attached to an aromatic ring is 1. The van der Waals surface area contributed by atoms with Crippen LogP contribution in [0.15, 0.2) is 0 Å². The van der Waals surface area contributed by atoms with Gasteiger partial charge in [0.2, 0.25) is 11.9 Å². The molecular formula is C11H19N7O. The Bertz CT molecular complexity index is 432. The first-order chi connectivity index (χ1) is 9.24. The van der Waals surface area contributed by atoms with E-state index in [4.69, 9.17) is 15.8 Å². The molecule has 0 amide bonds. The normalized spacial score (nSPS) is 9.79. The maximum absolute atomic E-state index is 8.64. The predicted molar refractivity (Wildman–Crippen MR) is 71.5 cm³/mol. The summed E-state index contributed by atoms with van der Waals surface area (Å²) in [4.78, 5) is 14.3. The zero-order chi connectivity index (χ0) is 14.1. The average Bonchev–Trinajstić information content (AvgIpc) is 2.45. The summed E-state index contributed by atoms with van der Waals surface area (Å²) < 4.78 is 5.39. The summed E-state index contributed by atoms with van der Waals surface area (Å²) in [5.74, 6) is 6.02. The second kappa shape index (κ2) is 8.05. The number of hydrogen-bond acceptors (Lipinski definition) is 8. The van der Waals surface area contributed by atoms with Crippen LogP contribution in [0.2, 0.25) is 0 Å². The molecule has 19 heavy (non-hydrogen) atoms. The van der Waals surface area contributed by atoms with Crippen LogP contribution in [0.25, 0.3) is 0 Å². The smallest absolute Gasteiger partial charge is 0.323 e. The molecular weight excluding hydrogens is 246 g/mol. The summed E-state index contributed by atoms with van der Waals surface area (Å²) in [5.41, 5.74) is 2.39. The number of nitrogens with zero attached hydrogens (tertiary/aromatic N) is 5. The van der Waals surface area contributed by atoms with Crippen LogP contribution in [0.4, 0.5) is 11.9 Å². The zero-order valence-electron chi connectivity index (χ0n) is 11.3. The number of ether oxygens (including phenoxy) is 1. The van der Waals surface area contributed by atoms with Crippen molar-refractivity contribution < 1.29 is 4.74 Å². The third kappa shape index (κ3) is 4.56. The Balaban J connectivity index is 2.93. The SMILES string of the molecule is CCCOc1nc(NN)nc(N(CC)CCC#N)n1. The molecule has 1 rings (SSSR count). The molecule has 0 aliphatic carbocycles. The molecule has 8 heteroatoms. The lowest BCUT2D eigenvalue weighted by molar-refractivity contribution is 0.292. The molecule has 0 bridgehead atoms. The largest absolute Gasteiger partial charge is 0.463 e. The summed E-state index contributed by atoms with van der Waals surface area (Å²) in [6.07, 6.45) is 1.26. The lowest BCUT2D eigenvalue weighted by atomic mass is 10.4. The Morgan fingerprint density at radius 1 is 1.37 bits per heavy atom. The van der Waals surface area contributed by atoms with Gasteiger partial charge in [0.1, 0.15) is 0 Å². The van der Waals surface area contributed by atoms with E-state index in [9.17, 15) is 0 Å². The highest BCUT2D eigenvalue weighted by Crippen LogP contribution is 2.14. The molecule has 0 aromatic carbocycles. The van der Waals surface area contributed by atoms with Gasteiger partial charge in [-0.05, 0) is 13.3 Å². The summed E-state index contributed by atoms with van der Waals surface area (Å²) in [6, 6.07) is 2.33. The number of anilines is 2. The second-order valence-corrected chi connectivity index (χ2v) is 3.72. The van der Waals surface area contributed by atoms with Gasteiger partial charge in [0.15, 0.2) is 0 Å². The van der Waals surface area contributed by atoms with Crippen molar-refractivity contribution in [1.29, 1.82) is 5.26 Å². The fourth-order valence-electron chi connectivity index (χ4n) is 1.39. The minimum atomic E-state index is 0.232. The van der Waals surface area contributed by atoms with Crippen LogP contribution in [0, 0.1) is 11.3 Å². The molecule has 0 saturated carbocycles. The van der Waals surface area contributed by atoms with Crippen LogP contribution >= 0.6 is 0 Å². The van der Waals surface area contributed by atoms with Gasteiger partial charge < -0.3 is 9.64 Å². The summed E-state index contributed by atoms with van der Waals surface area (Å²) >= 11 is 0. The van der Waals surface area contributed by atoms with E-state index in [1.807, 2.05) is 18.7 Å². The van der Waals surface area contributed by atoms with Gasteiger partial charge in [-0.25, -0.2) is 5.84 Å². The summed E-state index contributed by atoms with van der Waals surface area (Å²) in [7, 11) is 0. The first kappa shape index (κ1) is 14.9. The molecule has 1 aromatic heterocycles. The maximum Gasteiger partial charge on any atom is 0.323 e. The molecule has 3 N–H and O–H groups in total. The molecule has 0 aliphatic heterocycles. The van der Waals surface area contributed by atoms with E-state index in [0.717, 1.165) is 6.42 Å². The Hall–Kier alpha value is -2.14. The quantitative estimate of drug-likeness (QED) is 0.521. The van der Waals surface area contributed by atoms with Gasteiger partial charge in [0.25, 0.3) is 0 Å². The van der Waals surface area contributed by atoms with E-state index in [1.165, 1.54) is 0 Å². The first-order valence-corrected chi connectivity index (χ1v) is 6.22. The van der Waals surface area contributed by atoms with Gasteiger partial charge in [-0.1, -0.05) is 6.92 Å². The fraction of sp³-hybridized carbons (Fsp3) is 0.636. The van der Waals surface area contributed by atoms with Crippen molar-refractivity contribution in [3.05, 3.63) is 0 Å². The van der Waals surface area contributed by atoms with Gasteiger partial charge in [0.05, 0.1) is 19.1 Å². The van der Waals surface area contributed by atoms with E-state index in [1.54, 1.807) is 0 Å². The van der Waals surface area contributed by atoms with Crippen molar-refractivity contribution in [2.24, 2.45) is 5.84 Å². The molecule has 0 aliphatic rings. The Labute approximate surface area is 112 Å². The number of hydrazine groups is 1. The van der Waals surface area contributed by atoms with Gasteiger partial charge >= 0.3 is 6.01 Å². The van der Waals surface area contributed by atoms with Gasteiger partial charge in [0, 0.05) is 13.1 Å². The van der Waals surface area contributed by atoms with Crippen LogP contribution in [0.3, 0.4) is 0 Å².